The quantitative estimate of drug-likeness (QED) is 0.821. The van der Waals surface area contributed by atoms with Gasteiger partial charge in [0.25, 0.3) is 0 Å². The van der Waals surface area contributed by atoms with E-state index in [1.165, 1.54) is 0 Å². The Labute approximate surface area is 100 Å². The molecule has 0 spiro atoms. The molecule has 17 heavy (non-hydrogen) atoms. The summed E-state index contributed by atoms with van der Waals surface area (Å²) in [5, 5.41) is 4.13. The summed E-state index contributed by atoms with van der Waals surface area (Å²) in [5.41, 5.74) is 7.41. The predicted molar refractivity (Wildman–Crippen MR) is 65.2 cm³/mol. The van der Waals surface area contributed by atoms with Gasteiger partial charge in [-0.1, -0.05) is 0 Å². The van der Waals surface area contributed by atoms with Gasteiger partial charge in [-0.15, -0.1) is 0 Å². The molecule has 0 radical (unpaired) electrons. The maximum absolute atomic E-state index is 5.48. The fraction of sp³-hybridized carbons (Fsp3) is 0.364. The van der Waals surface area contributed by atoms with Crippen molar-refractivity contribution in [1.82, 2.24) is 19.7 Å². The second-order valence-corrected chi connectivity index (χ2v) is 3.95. The monoisotopic (exact) mass is 232 g/mol. The van der Waals surface area contributed by atoms with E-state index in [0.717, 1.165) is 23.6 Å². The van der Waals surface area contributed by atoms with Crippen molar-refractivity contribution in [2.45, 2.75) is 13.1 Å². The van der Waals surface area contributed by atoms with Crippen molar-refractivity contribution in [3.63, 3.8) is 0 Å². The highest BCUT2D eigenvalue weighted by molar-refractivity contribution is 5.35. The molecule has 0 aliphatic heterocycles. The lowest BCUT2D eigenvalue weighted by Crippen LogP contribution is -2.18. The molecular weight excluding hydrogens is 216 g/mol. The van der Waals surface area contributed by atoms with Crippen LogP contribution in [0.1, 0.15) is 11.3 Å². The van der Waals surface area contributed by atoms with Crippen LogP contribution in [0.25, 0.3) is 0 Å². The molecule has 0 unspecified atom stereocenters. The fourth-order valence-electron chi connectivity index (χ4n) is 1.56. The summed E-state index contributed by atoms with van der Waals surface area (Å²) in [7, 11) is 3.87. The first kappa shape index (κ1) is 11.5. The van der Waals surface area contributed by atoms with Gasteiger partial charge in [-0.25, -0.2) is 4.98 Å². The number of aryl methyl sites for hydroxylation is 1. The molecule has 6 heteroatoms. The molecule has 0 aromatic carbocycles. The fourth-order valence-corrected chi connectivity index (χ4v) is 1.56. The molecule has 2 aromatic heterocycles. The van der Waals surface area contributed by atoms with Gasteiger partial charge in [-0.05, 0) is 0 Å². The van der Waals surface area contributed by atoms with Gasteiger partial charge in [-0.2, -0.15) is 5.10 Å². The number of rotatable bonds is 4. The first-order chi connectivity index (χ1) is 8.19. The molecule has 0 saturated carbocycles. The van der Waals surface area contributed by atoms with Crippen LogP contribution in [-0.2, 0) is 20.1 Å². The molecule has 0 atom stereocenters. The topological polar surface area (TPSA) is 72.9 Å². The van der Waals surface area contributed by atoms with Crippen LogP contribution in [0.2, 0.25) is 0 Å². The summed E-state index contributed by atoms with van der Waals surface area (Å²) in [6.45, 7) is 1.17. The average molecular weight is 232 g/mol. The Hall–Kier alpha value is -1.95. The molecule has 0 amide bonds. The lowest BCUT2D eigenvalue weighted by molar-refractivity contribution is 0.766. The average Bonchev–Trinajstić information content (AvgIpc) is 2.75. The molecule has 6 nitrogen and oxygen atoms in total. The van der Waals surface area contributed by atoms with Crippen molar-refractivity contribution in [3.05, 3.63) is 36.0 Å². The molecular formula is C11H16N6. The van der Waals surface area contributed by atoms with Crippen molar-refractivity contribution >= 4 is 5.82 Å². The molecule has 0 bridgehead atoms. The van der Waals surface area contributed by atoms with Gasteiger partial charge in [0.1, 0.15) is 5.82 Å². The minimum absolute atomic E-state index is 0.416. The smallest absolute Gasteiger partial charge is 0.147 e. The van der Waals surface area contributed by atoms with Crippen molar-refractivity contribution in [1.29, 1.82) is 0 Å². The van der Waals surface area contributed by atoms with Crippen LogP contribution >= 0.6 is 0 Å². The molecule has 0 aliphatic rings. The third-order valence-electron chi connectivity index (χ3n) is 2.47. The molecule has 0 fully saturated rings. The number of hydrogen-bond acceptors (Lipinski definition) is 5. The van der Waals surface area contributed by atoms with E-state index in [1.807, 2.05) is 31.4 Å². The standard InChI is InChI=1S/C11H16N6/c1-16(7-9-4-15-17(2)8-9)11-6-13-10(3-12)5-14-11/h4-6,8H,3,7,12H2,1-2H3. The van der Waals surface area contributed by atoms with Crippen molar-refractivity contribution < 1.29 is 0 Å². The molecule has 0 saturated heterocycles. The number of anilines is 1. The van der Waals surface area contributed by atoms with Gasteiger partial charge in [0, 0.05) is 38.9 Å². The lowest BCUT2D eigenvalue weighted by atomic mass is 10.3. The van der Waals surface area contributed by atoms with Gasteiger partial charge in [0.15, 0.2) is 0 Å². The normalized spacial score (nSPS) is 10.5. The van der Waals surface area contributed by atoms with Gasteiger partial charge in [0.05, 0.1) is 24.3 Å². The Morgan fingerprint density at radius 2 is 2.12 bits per heavy atom. The van der Waals surface area contributed by atoms with E-state index >= 15 is 0 Å². The van der Waals surface area contributed by atoms with Crippen LogP contribution in [0.4, 0.5) is 5.82 Å². The van der Waals surface area contributed by atoms with E-state index in [0.29, 0.717) is 6.54 Å². The van der Waals surface area contributed by atoms with E-state index in [2.05, 4.69) is 15.1 Å². The summed E-state index contributed by atoms with van der Waals surface area (Å²) in [6.07, 6.45) is 7.27. The Morgan fingerprint density at radius 3 is 2.65 bits per heavy atom. The van der Waals surface area contributed by atoms with Crippen molar-refractivity contribution in [3.8, 4) is 0 Å². The Kier molecular flexibility index (Phi) is 3.34. The zero-order chi connectivity index (χ0) is 12.3. The highest BCUT2D eigenvalue weighted by atomic mass is 15.2. The molecule has 2 aromatic rings. The number of hydrogen-bond donors (Lipinski definition) is 1. The molecule has 2 N–H and O–H groups in total. The third kappa shape index (κ3) is 2.79. The largest absolute Gasteiger partial charge is 0.354 e. The molecule has 2 heterocycles. The predicted octanol–water partition coefficient (Wildman–Crippen LogP) is 0.305. The second kappa shape index (κ2) is 4.92. The van der Waals surface area contributed by atoms with Crippen molar-refractivity contribution in [2.75, 3.05) is 11.9 Å². The zero-order valence-corrected chi connectivity index (χ0v) is 10.0. The van der Waals surface area contributed by atoms with Crippen LogP contribution in [0.5, 0.6) is 0 Å². The summed E-state index contributed by atoms with van der Waals surface area (Å²) >= 11 is 0. The first-order valence-corrected chi connectivity index (χ1v) is 5.38. The van der Waals surface area contributed by atoms with Crippen LogP contribution in [0.3, 0.4) is 0 Å². The van der Waals surface area contributed by atoms with Gasteiger partial charge in [0.2, 0.25) is 0 Å². The maximum Gasteiger partial charge on any atom is 0.147 e. The summed E-state index contributed by atoms with van der Waals surface area (Å²) in [6, 6.07) is 0. The van der Waals surface area contributed by atoms with Crippen LogP contribution < -0.4 is 10.6 Å². The molecule has 0 aliphatic carbocycles. The number of nitrogens with zero attached hydrogens (tertiary/aromatic N) is 5. The number of aromatic nitrogens is 4. The minimum Gasteiger partial charge on any atom is -0.354 e. The van der Waals surface area contributed by atoms with Crippen LogP contribution in [0, 0.1) is 0 Å². The van der Waals surface area contributed by atoms with E-state index in [-0.39, 0.29) is 0 Å². The summed E-state index contributed by atoms with van der Waals surface area (Å²) in [5.74, 6) is 0.825. The summed E-state index contributed by atoms with van der Waals surface area (Å²) < 4.78 is 1.78. The highest BCUT2D eigenvalue weighted by Crippen LogP contribution is 2.10. The zero-order valence-electron chi connectivity index (χ0n) is 10.0. The van der Waals surface area contributed by atoms with E-state index < -0.39 is 0 Å². The Morgan fingerprint density at radius 1 is 1.29 bits per heavy atom. The van der Waals surface area contributed by atoms with E-state index in [9.17, 15) is 0 Å². The maximum atomic E-state index is 5.48. The minimum atomic E-state index is 0.416. The van der Waals surface area contributed by atoms with Crippen LogP contribution in [-0.4, -0.2) is 26.8 Å². The highest BCUT2D eigenvalue weighted by Gasteiger charge is 2.05. The summed E-state index contributed by atoms with van der Waals surface area (Å²) in [4.78, 5) is 10.5. The molecule has 2 rings (SSSR count). The Bertz CT molecular complexity index is 475. The third-order valence-corrected chi connectivity index (χ3v) is 2.47. The first-order valence-electron chi connectivity index (χ1n) is 5.38. The van der Waals surface area contributed by atoms with E-state index in [1.54, 1.807) is 17.1 Å². The molecule has 90 valence electrons. The van der Waals surface area contributed by atoms with Gasteiger partial charge < -0.3 is 10.6 Å². The van der Waals surface area contributed by atoms with E-state index in [4.69, 9.17) is 5.73 Å². The SMILES string of the molecule is CN(Cc1cnn(C)c1)c1cnc(CN)cn1. The lowest BCUT2D eigenvalue weighted by Gasteiger charge is -2.16. The van der Waals surface area contributed by atoms with Gasteiger partial charge >= 0.3 is 0 Å². The second-order valence-electron chi connectivity index (χ2n) is 3.95. The number of nitrogens with two attached hydrogens (primary N) is 1. The van der Waals surface area contributed by atoms with Crippen LogP contribution in [0.15, 0.2) is 24.8 Å². The van der Waals surface area contributed by atoms with Gasteiger partial charge in [-0.3, -0.25) is 9.67 Å². The Balaban J connectivity index is 2.06. The van der Waals surface area contributed by atoms with Crippen molar-refractivity contribution in [2.24, 2.45) is 12.8 Å².